The molecule has 144 valence electrons. The van der Waals surface area contributed by atoms with Crippen molar-refractivity contribution in [2.45, 2.75) is 27.3 Å². The van der Waals surface area contributed by atoms with E-state index in [2.05, 4.69) is 5.10 Å². The molecule has 0 N–H and O–H groups in total. The number of benzene rings is 1. The molecule has 2 aromatic rings. The van der Waals surface area contributed by atoms with Crippen LogP contribution >= 0.6 is 0 Å². The number of carbonyl (C=O) groups excluding carboxylic acids is 3. The summed E-state index contributed by atoms with van der Waals surface area (Å²) in [5.74, 6) is -0.956. The number of ketones is 1. The first-order valence-corrected chi connectivity index (χ1v) is 8.68. The number of hydrogen-bond donors (Lipinski definition) is 0. The van der Waals surface area contributed by atoms with Crippen LogP contribution in [0.15, 0.2) is 30.3 Å². The third-order valence-electron chi connectivity index (χ3n) is 3.53. The van der Waals surface area contributed by atoms with Crippen LogP contribution in [0.1, 0.15) is 52.1 Å². The van der Waals surface area contributed by atoms with Crippen LogP contribution in [0.3, 0.4) is 0 Å². The van der Waals surface area contributed by atoms with Gasteiger partial charge in [0.1, 0.15) is 18.0 Å². The van der Waals surface area contributed by atoms with E-state index >= 15 is 0 Å². The monoisotopic (exact) mass is 374 g/mol. The van der Waals surface area contributed by atoms with Gasteiger partial charge in [0.15, 0.2) is 11.5 Å². The number of aromatic nitrogens is 2. The van der Waals surface area contributed by atoms with Crippen LogP contribution in [0.2, 0.25) is 0 Å². The van der Waals surface area contributed by atoms with Gasteiger partial charge in [0.2, 0.25) is 0 Å². The van der Waals surface area contributed by atoms with Crippen molar-refractivity contribution < 1.29 is 28.6 Å². The van der Waals surface area contributed by atoms with E-state index in [-0.39, 0.29) is 36.9 Å². The van der Waals surface area contributed by atoms with E-state index in [1.54, 1.807) is 38.1 Å². The number of Topliss-reactive ketones (excluding diaryl/α,β-unsaturated/α-hetero) is 1. The molecular weight excluding hydrogens is 352 g/mol. The molecule has 2 rings (SSSR count). The summed E-state index contributed by atoms with van der Waals surface area (Å²) in [5.41, 5.74) is 0.389. The minimum Gasteiger partial charge on any atom is -0.494 e. The molecule has 0 saturated carbocycles. The number of rotatable bonds is 9. The van der Waals surface area contributed by atoms with E-state index in [1.807, 2.05) is 6.92 Å². The Hall–Kier alpha value is -3.16. The molecular formula is C19H22N2O6. The Morgan fingerprint density at radius 1 is 0.926 bits per heavy atom. The Morgan fingerprint density at radius 3 is 2.15 bits per heavy atom. The summed E-state index contributed by atoms with van der Waals surface area (Å²) >= 11 is 0. The van der Waals surface area contributed by atoms with Gasteiger partial charge < -0.3 is 14.2 Å². The van der Waals surface area contributed by atoms with E-state index in [1.165, 1.54) is 6.07 Å². The highest BCUT2D eigenvalue weighted by Gasteiger charge is 2.22. The predicted molar refractivity (Wildman–Crippen MR) is 96.1 cm³/mol. The number of ether oxygens (including phenoxy) is 3. The normalized spacial score (nSPS) is 10.3. The van der Waals surface area contributed by atoms with Gasteiger partial charge in [-0.05, 0) is 45.0 Å². The minimum atomic E-state index is -0.671. The van der Waals surface area contributed by atoms with Gasteiger partial charge >= 0.3 is 11.9 Å². The molecule has 1 aromatic carbocycles. The lowest BCUT2D eigenvalue weighted by Gasteiger charge is -2.07. The summed E-state index contributed by atoms with van der Waals surface area (Å²) in [7, 11) is 0. The van der Waals surface area contributed by atoms with Crippen molar-refractivity contribution in [1.82, 2.24) is 9.78 Å². The molecule has 1 heterocycles. The van der Waals surface area contributed by atoms with Crippen molar-refractivity contribution in [3.05, 3.63) is 47.3 Å². The predicted octanol–water partition coefficient (Wildman–Crippen LogP) is 2.52. The van der Waals surface area contributed by atoms with Crippen LogP contribution in [-0.2, 0) is 16.0 Å². The Labute approximate surface area is 157 Å². The lowest BCUT2D eigenvalue weighted by atomic mass is 10.1. The van der Waals surface area contributed by atoms with Crippen molar-refractivity contribution in [1.29, 1.82) is 0 Å². The summed E-state index contributed by atoms with van der Waals surface area (Å²) in [4.78, 5) is 36.6. The highest BCUT2D eigenvalue weighted by atomic mass is 16.5. The Morgan fingerprint density at radius 2 is 1.56 bits per heavy atom. The fourth-order valence-corrected chi connectivity index (χ4v) is 2.34. The molecule has 0 saturated heterocycles. The van der Waals surface area contributed by atoms with Crippen LogP contribution in [-0.4, -0.2) is 47.3 Å². The number of nitrogens with zero attached hydrogens (tertiary/aromatic N) is 2. The molecule has 27 heavy (non-hydrogen) atoms. The lowest BCUT2D eigenvalue weighted by Crippen LogP contribution is -2.18. The van der Waals surface area contributed by atoms with Gasteiger partial charge in [-0.15, -0.1) is 0 Å². The van der Waals surface area contributed by atoms with Crippen LogP contribution < -0.4 is 4.74 Å². The molecule has 8 nitrogen and oxygen atoms in total. The highest BCUT2D eigenvalue weighted by Crippen LogP contribution is 2.14. The molecule has 0 amide bonds. The van der Waals surface area contributed by atoms with Crippen molar-refractivity contribution >= 4 is 17.7 Å². The largest absolute Gasteiger partial charge is 0.494 e. The maximum Gasteiger partial charge on any atom is 0.358 e. The third kappa shape index (κ3) is 5.16. The number of carbonyl (C=O) groups is 3. The highest BCUT2D eigenvalue weighted by molar-refractivity contribution is 5.97. The lowest BCUT2D eigenvalue weighted by molar-refractivity contribution is 0.0505. The van der Waals surface area contributed by atoms with Gasteiger partial charge in [-0.3, -0.25) is 4.79 Å². The van der Waals surface area contributed by atoms with Crippen LogP contribution in [0, 0.1) is 0 Å². The summed E-state index contributed by atoms with van der Waals surface area (Å²) in [6.07, 6.45) is 0. The summed E-state index contributed by atoms with van der Waals surface area (Å²) in [6.45, 7) is 5.83. The molecule has 0 fully saturated rings. The second kappa shape index (κ2) is 9.51. The first-order valence-electron chi connectivity index (χ1n) is 8.68. The summed E-state index contributed by atoms with van der Waals surface area (Å²) in [5, 5.41) is 4.04. The van der Waals surface area contributed by atoms with E-state index < -0.39 is 11.9 Å². The average Bonchev–Trinajstić information content (AvgIpc) is 3.07. The quantitative estimate of drug-likeness (QED) is 0.491. The average molecular weight is 374 g/mol. The molecule has 0 spiro atoms. The van der Waals surface area contributed by atoms with Crippen LogP contribution in [0.4, 0.5) is 0 Å². The summed E-state index contributed by atoms with van der Waals surface area (Å²) in [6, 6.07) is 7.91. The molecule has 0 bridgehead atoms. The maximum atomic E-state index is 12.6. The standard InChI is InChI=1S/C19H22N2O6/c1-4-25-14-9-7-13(8-10-14)17(22)12-21-16(19(24)27-6-3)11-15(20-21)18(23)26-5-2/h7-11H,4-6,12H2,1-3H3. The van der Waals surface area contributed by atoms with E-state index in [9.17, 15) is 14.4 Å². The second-order valence-electron chi connectivity index (χ2n) is 5.39. The minimum absolute atomic E-state index is 0.0131. The Balaban J connectivity index is 2.25. The smallest absolute Gasteiger partial charge is 0.358 e. The van der Waals surface area contributed by atoms with Crippen molar-refractivity contribution in [2.24, 2.45) is 0 Å². The SMILES string of the molecule is CCOC(=O)c1cc(C(=O)OCC)n(CC(=O)c2ccc(OCC)cc2)n1. The maximum absolute atomic E-state index is 12.6. The zero-order valence-electron chi connectivity index (χ0n) is 15.6. The van der Waals surface area contributed by atoms with Gasteiger partial charge in [-0.25, -0.2) is 14.3 Å². The molecule has 0 radical (unpaired) electrons. The van der Waals surface area contributed by atoms with E-state index in [0.717, 1.165) is 4.68 Å². The van der Waals surface area contributed by atoms with Gasteiger partial charge in [-0.1, -0.05) is 0 Å². The number of esters is 2. The zero-order chi connectivity index (χ0) is 19.8. The molecule has 0 aliphatic heterocycles. The summed E-state index contributed by atoms with van der Waals surface area (Å²) < 4.78 is 16.4. The molecule has 0 aliphatic rings. The van der Waals surface area contributed by atoms with E-state index in [0.29, 0.717) is 17.9 Å². The van der Waals surface area contributed by atoms with Crippen molar-refractivity contribution in [3.8, 4) is 5.75 Å². The Kier molecular flexibility index (Phi) is 7.10. The first kappa shape index (κ1) is 20.2. The van der Waals surface area contributed by atoms with E-state index in [4.69, 9.17) is 14.2 Å². The second-order valence-corrected chi connectivity index (χ2v) is 5.39. The Bertz CT molecular complexity index is 810. The van der Waals surface area contributed by atoms with Gasteiger partial charge in [0.05, 0.1) is 19.8 Å². The number of hydrogen-bond acceptors (Lipinski definition) is 7. The molecule has 1 aromatic heterocycles. The molecule has 0 atom stereocenters. The molecule has 0 unspecified atom stereocenters. The van der Waals surface area contributed by atoms with Gasteiger partial charge in [0.25, 0.3) is 0 Å². The van der Waals surface area contributed by atoms with Crippen LogP contribution in [0.5, 0.6) is 5.75 Å². The fraction of sp³-hybridized carbons (Fsp3) is 0.368. The first-order chi connectivity index (χ1) is 13.0. The molecule has 0 aliphatic carbocycles. The van der Waals surface area contributed by atoms with Crippen LogP contribution in [0.25, 0.3) is 0 Å². The third-order valence-corrected chi connectivity index (χ3v) is 3.53. The van der Waals surface area contributed by atoms with Crippen molar-refractivity contribution in [2.75, 3.05) is 19.8 Å². The van der Waals surface area contributed by atoms with Crippen molar-refractivity contribution in [3.63, 3.8) is 0 Å². The topological polar surface area (TPSA) is 96.7 Å². The van der Waals surface area contributed by atoms with Gasteiger partial charge in [0, 0.05) is 11.6 Å². The zero-order valence-corrected chi connectivity index (χ0v) is 15.6. The van der Waals surface area contributed by atoms with Gasteiger partial charge in [-0.2, -0.15) is 5.10 Å². The molecule has 8 heteroatoms. The fourth-order valence-electron chi connectivity index (χ4n) is 2.34.